The maximum absolute atomic E-state index is 13.0. The van der Waals surface area contributed by atoms with Crippen LogP contribution in [-0.2, 0) is 11.3 Å². The molecule has 9 nitrogen and oxygen atoms in total. The maximum Gasteiger partial charge on any atom is 0.415 e. The molecule has 9 heteroatoms. The number of imidazole rings is 1. The van der Waals surface area contributed by atoms with Gasteiger partial charge in [0.25, 0.3) is 0 Å². The molecule has 0 radical (unpaired) electrons. The number of hydrogen-bond donors (Lipinski definition) is 0. The zero-order chi connectivity index (χ0) is 23.9. The van der Waals surface area contributed by atoms with E-state index in [1.807, 2.05) is 18.5 Å². The average Bonchev–Trinajstić information content (AvgIpc) is 3.37. The number of benzene rings is 1. The van der Waals surface area contributed by atoms with Crippen molar-refractivity contribution in [3.8, 4) is 17.8 Å². The highest BCUT2D eigenvalue weighted by molar-refractivity contribution is 5.91. The minimum Gasteiger partial charge on any atom is -0.481 e. The molecule has 2 fully saturated rings. The Morgan fingerprint density at radius 1 is 1.21 bits per heavy atom. The van der Waals surface area contributed by atoms with Crippen LogP contribution < -0.4 is 14.4 Å². The molecule has 0 unspecified atom stereocenters. The summed E-state index contributed by atoms with van der Waals surface area (Å²) < 4.78 is 18.8. The lowest BCUT2D eigenvalue weighted by Crippen LogP contribution is -2.45. The molecule has 5 rings (SSSR count). The molecule has 34 heavy (non-hydrogen) atoms. The molecule has 176 valence electrons. The van der Waals surface area contributed by atoms with E-state index in [9.17, 15) is 10.1 Å². The van der Waals surface area contributed by atoms with E-state index >= 15 is 0 Å². The molecule has 1 aromatic carbocycles. The van der Waals surface area contributed by atoms with E-state index in [1.165, 1.54) is 14.2 Å². The summed E-state index contributed by atoms with van der Waals surface area (Å²) in [6.07, 6.45) is 4.94. The van der Waals surface area contributed by atoms with Crippen molar-refractivity contribution in [3.05, 3.63) is 42.2 Å². The Hall–Kier alpha value is -3.80. The molecule has 3 aromatic rings. The van der Waals surface area contributed by atoms with Crippen LogP contribution in [0.15, 0.2) is 36.7 Å². The van der Waals surface area contributed by atoms with Crippen molar-refractivity contribution in [2.75, 3.05) is 25.7 Å². The standard InChI is InChI=1S/C25H27N5O4/c1-24(14-29-16-27-18-6-5-17(12-26)11-20(18)29)9-4-10-25(13-24)15-30(23(31)34-25)19-7-8-21(32-2)28-22(19)33-3/h5-8,11,16H,4,9-10,13-15H2,1-3H3/t24-,25-/m0/s1. The lowest BCUT2D eigenvalue weighted by molar-refractivity contribution is -0.0264. The number of carbonyl (C=O) groups excluding carboxylic acids is 1. The fourth-order valence-corrected chi connectivity index (χ4v) is 5.51. The van der Waals surface area contributed by atoms with E-state index in [-0.39, 0.29) is 11.5 Å². The number of ether oxygens (including phenoxy) is 3. The summed E-state index contributed by atoms with van der Waals surface area (Å²) in [5, 5.41) is 9.29. The number of nitriles is 1. The van der Waals surface area contributed by atoms with Crippen molar-refractivity contribution >= 4 is 22.8 Å². The van der Waals surface area contributed by atoms with Gasteiger partial charge >= 0.3 is 6.09 Å². The lowest BCUT2D eigenvalue weighted by Gasteiger charge is -2.43. The first kappa shape index (κ1) is 22.0. The van der Waals surface area contributed by atoms with Crippen LogP contribution in [0, 0.1) is 16.7 Å². The molecule has 3 heterocycles. The minimum absolute atomic E-state index is 0.104. The monoisotopic (exact) mass is 461 g/mol. The molecular formula is C25H27N5O4. The van der Waals surface area contributed by atoms with E-state index < -0.39 is 5.60 Å². The van der Waals surface area contributed by atoms with E-state index in [1.54, 1.807) is 23.1 Å². The molecule has 0 N–H and O–H groups in total. The van der Waals surface area contributed by atoms with Crippen LogP contribution in [0.5, 0.6) is 11.8 Å². The van der Waals surface area contributed by atoms with Crippen LogP contribution >= 0.6 is 0 Å². The Bertz CT molecular complexity index is 1300. The molecule has 1 saturated heterocycles. The van der Waals surface area contributed by atoms with Crippen LogP contribution in [0.25, 0.3) is 11.0 Å². The smallest absolute Gasteiger partial charge is 0.415 e. The fourth-order valence-electron chi connectivity index (χ4n) is 5.51. The highest BCUT2D eigenvalue weighted by Gasteiger charge is 2.52. The number of carbonyl (C=O) groups is 1. The highest BCUT2D eigenvalue weighted by Crippen LogP contribution is 2.48. The van der Waals surface area contributed by atoms with E-state index in [0.717, 1.165) is 43.3 Å². The first-order valence-electron chi connectivity index (χ1n) is 11.3. The zero-order valence-electron chi connectivity index (χ0n) is 19.6. The quantitative estimate of drug-likeness (QED) is 0.558. The Morgan fingerprint density at radius 2 is 2.06 bits per heavy atom. The van der Waals surface area contributed by atoms with Crippen LogP contribution in [0.4, 0.5) is 10.5 Å². The molecule has 1 spiro atoms. The normalized spacial score (nSPS) is 24.3. The number of rotatable bonds is 5. The predicted octanol–water partition coefficient (Wildman–Crippen LogP) is 4.30. The van der Waals surface area contributed by atoms with Crippen molar-refractivity contribution < 1.29 is 19.0 Å². The predicted molar refractivity (Wildman–Crippen MR) is 125 cm³/mol. The Balaban J connectivity index is 1.40. The first-order chi connectivity index (χ1) is 16.4. The van der Waals surface area contributed by atoms with Crippen LogP contribution in [-0.4, -0.2) is 47.0 Å². The third kappa shape index (κ3) is 3.79. The maximum atomic E-state index is 13.0. The van der Waals surface area contributed by atoms with E-state index in [4.69, 9.17) is 14.2 Å². The molecule has 2 aromatic heterocycles. The van der Waals surface area contributed by atoms with Crippen molar-refractivity contribution in [2.24, 2.45) is 5.41 Å². The highest BCUT2D eigenvalue weighted by atomic mass is 16.6. The van der Waals surface area contributed by atoms with Gasteiger partial charge in [0.2, 0.25) is 11.8 Å². The van der Waals surface area contributed by atoms with Gasteiger partial charge in [-0.1, -0.05) is 6.92 Å². The van der Waals surface area contributed by atoms with Gasteiger partial charge in [0.05, 0.1) is 49.8 Å². The summed E-state index contributed by atoms with van der Waals surface area (Å²) in [4.78, 5) is 23.4. The summed E-state index contributed by atoms with van der Waals surface area (Å²) in [5.41, 5.74) is 2.31. The molecule has 2 aliphatic rings. The van der Waals surface area contributed by atoms with Gasteiger partial charge in [-0.2, -0.15) is 10.2 Å². The second-order valence-corrected chi connectivity index (χ2v) is 9.55. The molecule has 0 bridgehead atoms. The van der Waals surface area contributed by atoms with Gasteiger partial charge in [0.15, 0.2) is 0 Å². The molecule has 1 aliphatic heterocycles. The van der Waals surface area contributed by atoms with Gasteiger partial charge in [0.1, 0.15) is 11.3 Å². The zero-order valence-corrected chi connectivity index (χ0v) is 19.6. The third-order valence-electron chi connectivity index (χ3n) is 6.94. The molecule has 2 atom stereocenters. The second kappa shape index (κ2) is 8.20. The number of hydrogen-bond acceptors (Lipinski definition) is 7. The van der Waals surface area contributed by atoms with Gasteiger partial charge in [-0.15, -0.1) is 0 Å². The van der Waals surface area contributed by atoms with Gasteiger partial charge in [-0.25, -0.2) is 9.78 Å². The Labute approximate surface area is 197 Å². The summed E-state index contributed by atoms with van der Waals surface area (Å²) in [5.74, 6) is 0.741. The van der Waals surface area contributed by atoms with Gasteiger partial charge < -0.3 is 18.8 Å². The largest absolute Gasteiger partial charge is 0.481 e. The van der Waals surface area contributed by atoms with Crippen LogP contribution in [0.2, 0.25) is 0 Å². The number of methoxy groups -OCH3 is 2. The van der Waals surface area contributed by atoms with Crippen molar-refractivity contribution in [3.63, 3.8) is 0 Å². The summed E-state index contributed by atoms with van der Waals surface area (Å²) in [7, 11) is 3.06. The Morgan fingerprint density at radius 3 is 2.82 bits per heavy atom. The van der Waals surface area contributed by atoms with E-state index in [2.05, 4.69) is 27.5 Å². The summed E-state index contributed by atoms with van der Waals surface area (Å²) >= 11 is 0. The molecule has 1 amide bonds. The summed E-state index contributed by atoms with van der Waals surface area (Å²) in [6, 6.07) is 11.2. The molecule has 1 saturated carbocycles. The first-order valence-corrected chi connectivity index (χ1v) is 11.3. The number of anilines is 1. The van der Waals surface area contributed by atoms with Crippen molar-refractivity contribution in [2.45, 2.75) is 44.8 Å². The number of nitrogens with zero attached hydrogens (tertiary/aromatic N) is 5. The van der Waals surface area contributed by atoms with Crippen LogP contribution in [0.1, 0.15) is 38.2 Å². The fraction of sp³-hybridized carbons (Fsp3) is 0.440. The lowest BCUT2D eigenvalue weighted by atomic mass is 9.68. The number of pyridine rings is 1. The third-order valence-corrected chi connectivity index (χ3v) is 6.94. The van der Waals surface area contributed by atoms with Crippen molar-refractivity contribution in [1.82, 2.24) is 14.5 Å². The van der Waals surface area contributed by atoms with Crippen molar-refractivity contribution in [1.29, 1.82) is 5.26 Å². The number of amides is 1. The molecular weight excluding hydrogens is 434 g/mol. The summed E-state index contributed by atoms with van der Waals surface area (Å²) in [6.45, 7) is 3.40. The topological polar surface area (TPSA) is 102 Å². The Kier molecular flexibility index (Phi) is 5.31. The van der Waals surface area contributed by atoms with Gasteiger partial charge in [-0.05, 0) is 55.4 Å². The van der Waals surface area contributed by atoms with Gasteiger partial charge in [-0.3, -0.25) is 4.90 Å². The minimum atomic E-state index is -0.580. The SMILES string of the molecule is COc1ccc(N2C[C@@]3(CCC[C@](C)(Cn4cnc5ccc(C#N)cc54)C3)OC2=O)c(OC)n1. The number of aromatic nitrogens is 3. The second-order valence-electron chi connectivity index (χ2n) is 9.55. The van der Waals surface area contributed by atoms with Crippen LogP contribution in [0.3, 0.4) is 0 Å². The average molecular weight is 462 g/mol. The van der Waals surface area contributed by atoms with E-state index in [0.29, 0.717) is 29.6 Å². The molecule has 1 aliphatic carbocycles. The number of fused-ring (bicyclic) bond motifs is 1. The van der Waals surface area contributed by atoms with Gasteiger partial charge in [0, 0.05) is 12.6 Å².